The molecule has 0 amide bonds. The highest BCUT2D eigenvalue weighted by Crippen LogP contribution is 2.21. The maximum atomic E-state index is 5.81. The molecule has 0 aliphatic carbocycles. The van der Waals surface area contributed by atoms with Crippen LogP contribution in [0.5, 0.6) is 5.75 Å². The van der Waals surface area contributed by atoms with E-state index in [1.165, 1.54) is 11.3 Å². The molecular formula is C14H10ClN3O2S. The van der Waals surface area contributed by atoms with E-state index in [1.54, 1.807) is 42.8 Å². The normalized spacial score (nSPS) is 11.1. The minimum atomic E-state index is 0.343. The monoisotopic (exact) mass is 319 g/mol. The summed E-state index contributed by atoms with van der Waals surface area (Å²) in [6.07, 6.45) is 3.19. The summed E-state index contributed by atoms with van der Waals surface area (Å²) >= 11 is 7.17. The number of halogens is 1. The molecule has 7 heteroatoms. The predicted octanol–water partition coefficient (Wildman–Crippen LogP) is 4.11. The number of hydrogen-bond donors (Lipinski definition) is 0. The highest BCUT2D eigenvalue weighted by molar-refractivity contribution is 7.14. The van der Waals surface area contributed by atoms with Crippen molar-refractivity contribution in [3.63, 3.8) is 0 Å². The maximum absolute atomic E-state index is 5.81. The molecule has 5 nitrogen and oxygen atoms in total. The average Bonchev–Trinajstić information content (AvgIpc) is 3.16. The summed E-state index contributed by atoms with van der Waals surface area (Å²) in [4.78, 5) is 4.19. The Bertz CT molecular complexity index is 723. The van der Waals surface area contributed by atoms with E-state index in [1.807, 2.05) is 6.07 Å². The fraction of sp³-hybridized carbons (Fsp3) is 0.0714. The van der Waals surface area contributed by atoms with Gasteiger partial charge in [-0.25, -0.2) is 4.99 Å². The standard InChI is InChI=1S/C14H10ClN3O2S/c15-10-3-5-11(6-4-10)20-9-13-17-18-14(21-13)16-8-12-2-1-7-19-12/h1-8H,9H2/b16-8+. The van der Waals surface area contributed by atoms with E-state index in [0.717, 1.165) is 10.8 Å². The number of furan rings is 1. The largest absolute Gasteiger partial charge is 0.486 e. The van der Waals surface area contributed by atoms with Crippen LogP contribution in [0, 0.1) is 0 Å². The minimum Gasteiger partial charge on any atom is -0.486 e. The Morgan fingerprint density at radius 1 is 1.24 bits per heavy atom. The second-order valence-corrected chi connectivity index (χ2v) is 5.47. The van der Waals surface area contributed by atoms with Crippen LogP contribution in [0.15, 0.2) is 52.1 Å². The first-order valence-electron chi connectivity index (χ1n) is 6.08. The van der Waals surface area contributed by atoms with Crippen molar-refractivity contribution in [2.45, 2.75) is 6.61 Å². The number of rotatable bonds is 5. The van der Waals surface area contributed by atoms with Crippen LogP contribution >= 0.6 is 22.9 Å². The van der Waals surface area contributed by atoms with Crippen LogP contribution in [0.1, 0.15) is 10.8 Å². The molecule has 21 heavy (non-hydrogen) atoms. The molecule has 2 aromatic heterocycles. The van der Waals surface area contributed by atoms with E-state index >= 15 is 0 Å². The van der Waals surface area contributed by atoms with E-state index in [-0.39, 0.29) is 0 Å². The molecule has 1 aromatic carbocycles. The first-order valence-corrected chi connectivity index (χ1v) is 7.27. The second-order valence-electron chi connectivity index (χ2n) is 3.99. The highest BCUT2D eigenvalue weighted by Gasteiger charge is 2.04. The van der Waals surface area contributed by atoms with Crippen molar-refractivity contribution in [3.05, 3.63) is 58.5 Å². The number of nitrogens with zero attached hydrogens (tertiary/aromatic N) is 3. The molecule has 106 valence electrons. The second kappa shape index (κ2) is 6.51. The van der Waals surface area contributed by atoms with Crippen molar-refractivity contribution in [2.75, 3.05) is 0 Å². The summed E-state index contributed by atoms with van der Waals surface area (Å²) in [5, 5.41) is 9.97. The van der Waals surface area contributed by atoms with Gasteiger partial charge in [0.2, 0.25) is 5.13 Å². The fourth-order valence-electron chi connectivity index (χ4n) is 1.51. The molecule has 0 atom stereocenters. The smallest absolute Gasteiger partial charge is 0.231 e. The van der Waals surface area contributed by atoms with Gasteiger partial charge in [-0.05, 0) is 36.4 Å². The summed E-state index contributed by atoms with van der Waals surface area (Å²) in [5.74, 6) is 1.40. The van der Waals surface area contributed by atoms with Crippen molar-refractivity contribution >= 4 is 34.3 Å². The molecule has 0 saturated carbocycles. The Labute approximate surface area is 129 Å². The zero-order valence-corrected chi connectivity index (χ0v) is 12.3. The first-order chi connectivity index (χ1) is 10.3. The lowest BCUT2D eigenvalue weighted by atomic mass is 10.3. The molecule has 0 unspecified atom stereocenters. The van der Waals surface area contributed by atoms with Gasteiger partial charge >= 0.3 is 0 Å². The Morgan fingerprint density at radius 2 is 2.10 bits per heavy atom. The summed E-state index contributed by atoms with van der Waals surface area (Å²) in [6, 6.07) is 10.8. The van der Waals surface area contributed by atoms with Crippen molar-refractivity contribution in [1.29, 1.82) is 0 Å². The van der Waals surface area contributed by atoms with Gasteiger partial charge in [0.1, 0.15) is 18.1 Å². The van der Waals surface area contributed by atoms with Gasteiger partial charge in [0.25, 0.3) is 0 Å². The van der Waals surface area contributed by atoms with Gasteiger partial charge in [0.15, 0.2) is 5.01 Å². The third kappa shape index (κ3) is 3.90. The minimum absolute atomic E-state index is 0.343. The van der Waals surface area contributed by atoms with Gasteiger partial charge in [-0.1, -0.05) is 22.9 Å². The molecule has 3 rings (SSSR count). The summed E-state index contributed by atoms with van der Waals surface area (Å²) in [6.45, 7) is 0.343. The Balaban J connectivity index is 1.59. The number of aromatic nitrogens is 2. The third-order valence-corrected chi connectivity index (χ3v) is 3.53. The van der Waals surface area contributed by atoms with Crippen molar-refractivity contribution in [3.8, 4) is 5.75 Å². The average molecular weight is 320 g/mol. The van der Waals surface area contributed by atoms with E-state index in [2.05, 4.69) is 15.2 Å². The van der Waals surface area contributed by atoms with Gasteiger partial charge in [-0.3, -0.25) is 0 Å². The number of hydrogen-bond acceptors (Lipinski definition) is 6. The van der Waals surface area contributed by atoms with E-state index < -0.39 is 0 Å². The zero-order valence-electron chi connectivity index (χ0n) is 10.8. The summed E-state index contributed by atoms with van der Waals surface area (Å²) < 4.78 is 10.7. The molecule has 0 aliphatic heterocycles. The SMILES string of the molecule is Clc1ccc(OCc2nnc(/N=C/c3ccco3)s2)cc1. The quantitative estimate of drug-likeness (QED) is 0.664. The van der Waals surface area contributed by atoms with Crippen molar-refractivity contribution in [1.82, 2.24) is 10.2 Å². The lowest BCUT2D eigenvalue weighted by molar-refractivity contribution is 0.304. The first kappa shape index (κ1) is 13.8. The molecule has 2 heterocycles. The van der Waals surface area contributed by atoms with E-state index in [0.29, 0.717) is 22.5 Å². The van der Waals surface area contributed by atoms with Gasteiger partial charge in [0.05, 0.1) is 12.5 Å². The predicted molar refractivity (Wildman–Crippen MR) is 81.7 cm³/mol. The number of aliphatic imine (C=N–C) groups is 1. The molecule has 0 fully saturated rings. The number of ether oxygens (including phenoxy) is 1. The Morgan fingerprint density at radius 3 is 2.86 bits per heavy atom. The van der Waals surface area contributed by atoms with Crippen LogP contribution in [0.4, 0.5) is 5.13 Å². The van der Waals surface area contributed by atoms with Crippen LogP contribution in [0.2, 0.25) is 5.02 Å². The lowest BCUT2D eigenvalue weighted by Gasteiger charge is -2.02. The molecule has 0 N–H and O–H groups in total. The van der Waals surface area contributed by atoms with Gasteiger partial charge in [-0.15, -0.1) is 10.2 Å². The molecule has 0 bridgehead atoms. The van der Waals surface area contributed by atoms with Crippen molar-refractivity contribution in [2.24, 2.45) is 4.99 Å². The molecular weight excluding hydrogens is 310 g/mol. The Hall–Kier alpha value is -2.18. The fourth-order valence-corrected chi connectivity index (χ4v) is 2.24. The van der Waals surface area contributed by atoms with Gasteiger partial charge in [-0.2, -0.15) is 0 Å². The Kier molecular flexibility index (Phi) is 4.28. The molecule has 0 spiro atoms. The van der Waals surface area contributed by atoms with Gasteiger partial charge in [0, 0.05) is 5.02 Å². The van der Waals surface area contributed by atoms with Crippen LogP contribution in [0.3, 0.4) is 0 Å². The zero-order chi connectivity index (χ0) is 14.5. The molecule has 0 radical (unpaired) electrons. The van der Waals surface area contributed by atoms with E-state index in [4.69, 9.17) is 20.8 Å². The van der Waals surface area contributed by atoms with E-state index in [9.17, 15) is 0 Å². The molecule has 3 aromatic rings. The summed E-state index contributed by atoms with van der Waals surface area (Å²) in [7, 11) is 0. The van der Waals surface area contributed by atoms with Gasteiger partial charge < -0.3 is 9.15 Å². The number of benzene rings is 1. The maximum Gasteiger partial charge on any atom is 0.231 e. The van der Waals surface area contributed by atoms with Crippen molar-refractivity contribution < 1.29 is 9.15 Å². The molecule has 0 aliphatic rings. The lowest BCUT2D eigenvalue weighted by Crippen LogP contribution is -1.94. The highest BCUT2D eigenvalue weighted by atomic mass is 35.5. The van der Waals surface area contributed by atoms with Crippen LogP contribution in [-0.2, 0) is 6.61 Å². The van der Waals surface area contributed by atoms with Crippen LogP contribution < -0.4 is 4.74 Å². The van der Waals surface area contributed by atoms with Crippen LogP contribution in [-0.4, -0.2) is 16.4 Å². The summed E-state index contributed by atoms with van der Waals surface area (Å²) in [5.41, 5.74) is 0. The third-order valence-electron chi connectivity index (χ3n) is 2.48. The van der Waals surface area contributed by atoms with Crippen LogP contribution in [0.25, 0.3) is 0 Å². The molecule has 0 saturated heterocycles. The topological polar surface area (TPSA) is 60.5 Å².